The predicted octanol–water partition coefficient (Wildman–Crippen LogP) is 5.63. The van der Waals surface area contributed by atoms with E-state index in [0.29, 0.717) is 69.6 Å². The zero-order valence-electron chi connectivity index (χ0n) is 21.4. The van der Waals surface area contributed by atoms with Crippen LogP contribution in [0.4, 0.5) is 13.2 Å². The van der Waals surface area contributed by atoms with Crippen molar-refractivity contribution in [2.75, 3.05) is 40.5 Å². The van der Waals surface area contributed by atoms with E-state index in [2.05, 4.69) is 0 Å². The second kappa shape index (κ2) is 16.3. The third kappa shape index (κ3) is 9.13. The smallest absolute Gasteiger partial charge is 0.257 e. The zero-order valence-corrected chi connectivity index (χ0v) is 21.4. The molecule has 0 aromatic heterocycles. The normalized spacial score (nSPS) is 14.9. The van der Waals surface area contributed by atoms with Gasteiger partial charge in [-0.15, -0.1) is 0 Å². The van der Waals surface area contributed by atoms with Crippen molar-refractivity contribution >= 4 is 5.91 Å². The summed E-state index contributed by atoms with van der Waals surface area (Å²) in [4.78, 5) is 14.8. The van der Waals surface area contributed by atoms with Gasteiger partial charge in [-0.05, 0) is 48.7 Å². The highest BCUT2D eigenvalue weighted by atomic mass is 19.1. The number of nitrogens with zero attached hydrogens (tertiary/aromatic N) is 1. The number of methoxy groups -OCH3 is 1. The molecule has 5 nitrogen and oxygen atoms in total. The Morgan fingerprint density at radius 1 is 1.08 bits per heavy atom. The third-order valence-corrected chi connectivity index (χ3v) is 5.71. The molecule has 0 unspecified atom stereocenters. The molecule has 2 aliphatic rings. The fourth-order valence-corrected chi connectivity index (χ4v) is 3.77. The quantitative estimate of drug-likeness (QED) is 0.414. The lowest BCUT2D eigenvalue weighted by molar-refractivity contribution is -0.126. The molecule has 0 atom stereocenters. The summed E-state index contributed by atoms with van der Waals surface area (Å²) < 4.78 is 49.3. The minimum absolute atomic E-state index is 0.0434. The number of alkyl halides is 1. The first-order valence-corrected chi connectivity index (χ1v) is 12.1. The molecule has 37 heavy (non-hydrogen) atoms. The van der Waals surface area contributed by atoms with Gasteiger partial charge in [-0.1, -0.05) is 48.6 Å². The number of rotatable bonds is 11. The molecule has 3 rings (SSSR count). The monoisotopic (exact) mass is 516 g/mol. The number of carbonyl (C=O) groups is 1. The Morgan fingerprint density at radius 2 is 1.84 bits per heavy atom. The van der Waals surface area contributed by atoms with Crippen LogP contribution in [0.1, 0.15) is 24.8 Å². The largest absolute Gasteiger partial charge is 0.497 e. The van der Waals surface area contributed by atoms with E-state index in [9.17, 15) is 18.0 Å². The fraction of sp³-hybridized carbons (Fsp3) is 0.345. The van der Waals surface area contributed by atoms with Gasteiger partial charge in [0.25, 0.3) is 5.91 Å². The van der Waals surface area contributed by atoms with Gasteiger partial charge in [0, 0.05) is 25.9 Å². The number of hydrogen-bond donors (Lipinski definition) is 1. The summed E-state index contributed by atoms with van der Waals surface area (Å²) in [6.07, 6.45) is 14.0. The summed E-state index contributed by atoms with van der Waals surface area (Å²) in [5.74, 6) is 0.0141. The van der Waals surface area contributed by atoms with Crippen LogP contribution in [0.3, 0.4) is 0 Å². The van der Waals surface area contributed by atoms with Crippen LogP contribution in [0.2, 0.25) is 0 Å². The van der Waals surface area contributed by atoms with Crippen LogP contribution < -0.4 is 5.73 Å². The van der Waals surface area contributed by atoms with Crippen molar-refractivity contribution in [3.63, 3.8) is 0 Å². The Labute approximate surface area is 217 Å². The van der Waals surface area contributed by atoms with Crippen LogP contribution in [0.25, 0.3) is 0 Å². The molecular weight excluding hydrogens is 481 g/mol. The van der Waals surface area contributed by atoms with E-state index in [0.717, 1.165) is 5.57 Å². The number of halogens is 3. The highest BCUT2D eigenvalue weighted by Gasteiger charge is 2.21. The Bertz CT molecular complexity index is 1090. The standard InChI is InChI=1S/C28H32F2N2O3.CH3F/c1-34-26-14-12-21(13-15-27(26)35-19-16-22-8-5-6-10-24(22)29)20-32(18-7-17-31)28(33)23-9-3-2-4-11-25(23)30;1-2/h3-6,8-13,15H,2,7,14,16-20,31H2,1H3;1H3. The van der Waals surface area contributed by atoms with Gasteiger partial charge < -0.3 is 20.1 Å². The van der Waals surface area contributed by atoms with Gasteiger partial charge in [-0.2, -0.15) is 0 Å². The lowest BCUT2D eigenvalue weighted by atomic mass is 10.1. The van der Waals surface area contributed by atoms with Crippen LogP contribution in [0.5, 0.6) is 0 Å². The van der Waals surface area contributed by atoms with E-state index in [-0.39, 0.29) is 23.9 Å². The number of hydrogen-bond acceptors (Lipinski definition) is 4. The van der Waals surface area contributed by atoms with Gasteiger partial charge in [-0.3, -0.25) is 9.18 Å². The summed E-state index contributed by atoms with van der Waals surface area (Å²) in [6, 6.07) is 6.61. The van der Waals surface area contributed by atoms with Crippen molar-refractivity contribution in [3.8, 4) is 0 Å². The lowest BCUT2D eigenvalue weighted by Crippen LogP contribution is -2.35. The Kier molecular flexibility index (Phi) is 13.1. The first-order valence-electron chi connectivity index (χ1n) is 12.1. The molecule has 0 aliphatic heterocycles. The van der Waals surface area contributed by atoms with E-state index >= 15 is 0 Å². The van der Waals surface area contributed by atoms with Crippen LogP contribution >= 0.6 is 0 Å². The average Bonchev–Trinajstić information content (AvgIpc) is 3.26. The van der Waals surface area contributed by atoms with Gasteiger partial charge in [0.1, 0.15) is 17.4 Å². The van der Waals surface area contributed by atoms with Crippen molar-refractivity contribution in [1.29, 1.82) is 0 Å². The fourth-order valence-electron chi connectivity index (χ4n) is 3.77. The van der Waals surface area contributed by atoms with Crippen LogP contribution in [-0.2, 0) is 20.7 Å². The van der Waals surface area contributed by atoms with E-state index in [1.54, 1.807) is 48.4 Å². The van der Waals surface area contributed by atoms with E-state index < -0.39 is 5.83 Å². The number of benzene rings is 1. The molecule has 0 saturated carbocycles. The minimum atomic E-state index is -0.541. The molecule has 0 fully saturated rings. The number of amides is 1. The molecule has 1 aromatic carbocycles. The van der Waals surface area contributed by atoms with Crippen LogP contribution in [0, 0.1) is 5.82 Å². The first kappa shape index (κ1) is 29.7. The molecule has 0 heterocycles. The van der Waals surface area contributed by atoms with Gasteiger partial charge >= 0.3 is 0 Å². The van der Waals surface area contributed by atoms with E-state index in [4.69, 9.17) is 15.2 Å². The van der Waals surface area contributed by atoms with Crippen molar-refractivity contribution in [2.24, 2.45) is 5.73 Å². The van der Waals surface area contributed by atoms with E-state index in [1.165, 1.54) is 18.2 Å². The van der Waals surface area contributed by atoms with Crippen LogP contribution in [-0.4, -0.2) is 51.3 Å². The van der Waals surface area contributed by atoms with Crippen molar-refractivity contribution in [1.82, 2.24) is 4.90 Å². The number of nitrogens with two attached hydrogens (primary N) is 1. The molecule has 1 aromatic rings. The topological polar surface area (TPSA) is 64.8 Å². The number of ether oxygens (including phenoxy) is 2. The van der Waals surface area contributed by atoms with Gasteiger partial charge in [0.05, 0.1) is 26.5 Å². The molecule has 8 heteroatoms. The molecule has 2 aliphatic carbocycles. The summed E-state index contributed by atoms with van der Waals surface area (Å²) in [5.41, 5.74) is 7.17. The minimum Gasteiger partial charge on any atom is -0.497 e. The molecule has 0 saturated heterocycles. The van der Waals surface area contributed by atoms with Crippen molar-refractivity contribution in [2.45, 2.75) is 25.7 Å². The molecular formula is C29H35F3N2O3. The molecule has 0 radical (unpaired) electrons. The zero-order chi connectivity index (χ0) is 27.0. The highest BCUT2D eigenvalue weighted by Crippen LogP contribution is 2.23. The predicted molar refractivity (Wildman–Crippen MR) is 140 cm³/mol. The first-order chi connectivity index (χ1) is 18.0. The molecule has 2 N–H and O–H groups in total. The maximum Gasteiger partial charge on any atom is 0.257 e. The maximum atomic E-state index is 14.5. The summed E-state index contributed by atoms with van der Waals surface area (Å²) in [6.45, 7) is 1.41. The Morgan fingerprint density at radius 3 is 2.57 bits per heavy atom. The summed E-state index contributed by atoms with van der Waals surface area (Å²) in [7, 11) is 2.07. The average molecular weight is 517 g/mol. The van der Waals surface area contributed by atoms with Crippen molar-refractivity contribution < 1.29 is 27.4 Å². The summed E-state index contributed by atoms with van der Waals surface area (Å²) in [5, 5.41) is 0. The van der Waals surface area contributed by atoms with Crippen LogP contribution in [0.15, 0.2) is 95.3 Å². The molecule has 0 spiro atoms. The van der Waals surface area contributed by atoms with Gasteiger partial charge in [-0.25, -0.2) is 8.78 Å². The van der Waals surface area contributed by atoms with Crippen molar-refractivity contribution in [3.05, 3.63) is 107 Å². The molecule has 200 valence electrons. The third-order valence-electron chi connectivity index (χ3n) is 5.71. The Hall–Kier alpha value is -3.52. The van der Waals surface area contributed by atoms with E-state index in [1.807, 2.05) is 12.2 Å². The molecule has 1 amide bonds. The highest BCUT2D eigenvalue weighted by molar-refractivity contribution is 5.97. The maximum absolute atomic E-state index is 14.5. The number of allylic oxidation sites excluding steroid dienone is 6. The summed E-state index contributed by atoms with van der Waals surface area (Å²) >= 11 is 0. The second-order valence-electron chi connectivity index (χ2n) is 8.17. The van der Waals surface area contributed by atoms with Gasteiger partial charge in [0.15, 0.2) is 5.76 Å². The van der Waals surface area contributed by atoms with Gasteiger partial charge in [0.2, 0.25) is 0 Å². The molecule has 0 bridgehead atoms. The Balaban J connectivity index is 0.00000235. The number of carbonyl (C=O) groups excluding carboxylic acids is 1. The lowest BCUT2D eigenvalue weighted by Gasteiger charge is -2.24. The second-order valence-corrected chi connectivity index (χ2v) is 8.17. The SMILES string of the molecule is CF.COC1=C(OCCc2ccccc2F)C=CC(CN(CCCN)C(=O)C2=C(F)C=CCC=C2)=CC1.